The van der Waals surface area contributed by atoms with E-state index in [1.807, 2.05) is 0 Å². The van der Waals surface area contributed by atoms with E-state index in [-0.39, 0.29) is 18.9 Å². The zero-order chi connectivity index (χ0) is 77.4. The zero-order valence-corrected chi connectivity index (χ0v) is 68.7. The second kappa shape index (κ2) is 69.1. The van der Waals surface area contributed by atoms with Gasteiger partial charge < -0.3 is 89.9 Å². The monoisotopic (exact) mass is 1530 g/mol. The topological polar surface area (TPSA) is 307 Å². The number of amides is 1. The molecular formula is C88H171NO18. The van der Waals surface area contributed by atoms with Gasteiger partial charge in [-0.3, -0.25) is 4.79 Å². The number of ether oxygens (including phenoxy) is 6. The Morgan fingerprint density at radius 2 is 0.533 bits per heavy atom. The number of hydrogen-bond donors (Lipinski definition) is 12. The van der Waals surface area contributed by atoms with E-state index in [1.165, 1.54) is 347 Å². The maximum absolute atomic E-state index is 13.5. The van der Waals surface area contributed by atoms with Crippen LogP contribution in [0.1, 0.15) is 425 Å². The molecule has 3 fully saturated rings. The molecule has 0 saturated carbocycles. The SMILES string of the molecule is CCCCCCCCCCCCCCCCCCCCCCCCCCCCCCCCCCCCCCCCC(=O)NC(COC1OC(CO)C(OC2OC(CO)C(OC3OC(CO)C(O)C(O)C3O)C(O)C2O)C(O)C1O)C(O)CCCCCCCCCCCCCCCCCCCCCCCCCC. The Hall–Kier alpha value is -1.21. The molecule has 0 bridgehead atoms. The fourth-order valence-corrected chi connectivity index (χ4v) is 16.1. The molecule has 0 aromatic carbocycles. The molecule has 19 nitrogen and oxygen atoms in total. The van der Waals surface area contributed by atoms with Gasteiger partial charge in [-0.1, -0.05) is 406 Å². The van der Waals surface area contributed by atoms with Crippen LogP contribution in [0.25, 0.3) is 0 Å². The van der Waals surface area contributed by atoms with Crippen LogP contribution in [0.2, 0.25) is 0 Å². The van der Waals surface area contributed by atoms with Gasteiger partial charge in [0.05, 0.1) is 38.6 Å². The summed E-state index contributed by atoms with van der Waals surface area (Å²) < 4.78 is 34.6. The Bertz CT molecular complexity index is 1930. The highest BCUT2D eigenvalue weighted by Crippen LogP contribution is 2.34. The van der Waals surface area contributed by atoms with Gasteiger partial charge in [0.15, 0.2) is 18.9 Å². The second-order valence-electron chi connectivity index (χ2n) is 33.1. The van der Waals surface area contributed by atoms with Crippen molar-refractivity contribution in [2.45, 2.75) is 529 Å². The van der Waals surface area contributed by atoms with E-state index < -0.39 is 124 Å². The summed E-state index contributed by atoms with van der Waals surface area (Å²) in [6.45, 7) is 1.89. The van der Waals surface area contributed by atoms with E-state index in [0.717, 1.165) is 44.9 Å². The first-order valence-corrected chi connectivity index (χ1v) is 45.8. The molecule has 19 heteroatoms. The van der Waals surface area contributed by atoms with Crippen LogP contribution < -0.4 is 5.32 Å². The Labute approximate surface area is 653 Å². The molecule has 0 spiro atoms. The lowest BCUT2D eigenvalue weighted by atomic mass is 9.96. The normalized spacial score (nSPS) is 25.4. The van der Waals surface area contributed by atoms with Crippen molar-refractivity contribution in [3.63, 3.8) is 0 Å². The summed E-state index contributed by atoms with van der Waals surface area (Å²) in [5, 5.41) is 121. The van der Waals surface area contributed by atoms with Crippen LogP contribution in [0.4, 0.5) is 0 Å². The highest BCUT2D eigenvalue weighted by molar-refractivity contribution is 5.76. The van der Waals surface area contributed by atoms with Gasteiger partial charge in [0, 0.05) is 6.42 Å². The van der Waals surface area contributed by atoms with Crippen molar-refractivity contribution >= 4 is 5.91 Å². The number of unbranched alkanes of at least 4 members (excludes halogenated alkanes) is 60. The van der Waals surface area contributed by atoms with Gasteiger partial charge in [-0.15, -0.1) is 0 Å². The number of aliphatic hydroxyl groups excluding tert-OH is 11. The number of carbonyl (C=O) groups is 1. The van der Waals surface area contributed by atoms with Crippen molar-refractivity contribution in [2.24, 2.45) is 0 Å². The summed E-state index contributed by atoms with van der Waals surface area (Å²) in [7, 11) is 0. The Kier molecular flexibility index (Phi) is 64.6. The van der Waals surface area contributed by atoms with Crippen LogP contribution >= 0.6 is 0 Å². The molecule has 0 aliphatic carbocycles. The lowest BCUT2D eigenvalue weighted by Gasteiger charge is -2.48. The lowest BCUT2D eigenvalue weighted by Crippen LogP contribution is -2.66. The minimum atomic E-state index is -1.97. The third kappa shape index (κ3) is 48.1. The molecule has 107 heavy (non-hydrogen) atoms. The summed E-state index contributed by atoms with van der Waals surface area (Å²) in [4.78, 5) is 13.5. The summed E-state index contributed by atoms with van der Waals surface area (Å²) in [6, 6.07) is -0.884. The van der Waals surface area contributed by atoms with E-state index in [0.29, 0.717) is 12.8 Å². The number of carbonyl (C=O) groups excluding carboxylic acids is 1. The first-order chi connectivity index (χ1) is 52.3. The highest BCUT2D eigenvalue weighted by Gasteiger charge is 2.54. The quantitative estimate of drug-likeness (QED) is 0.0252. The van der Waals surface area contributed by atoms with Crippen molar-refractivity contribution in [3.8, 4) is 0 Å². The Morgan fingerprint density at radius 3 is 0.813 bits per heavy atom. The van der Waals surface area contributed by atoms with Crippen LogP contribution in [0.15, 0.2) is 0 Å². The molecule has 17 atom stereocenters. The van der Waals surface area contributed by atoms with Gasteiger partial charge in [0.1, 0.15) is 73.2 Å². The number of rotatable bonds is 76. The number of hydrogen-bond acceptors (Lipinski definition) is 18. The van der Waals surface area contributed by atoms with Crippen molar-refractivity contribution in [1.82, 2.24) is 5.32 Å². The van der Waals surface area contributed by atoms with Gasteiger partial charge in [-0.2, -0.15) is 0 Å². The molecule has 1 amide bonds. The molecule has 0 aromatic rings. The molecular weight excluding hydrogens is 1360 g/mol. The smallest absolute Gasteiger partial charge is 0.220 e. The summed E-state index contributed by atoms with van der Waals surface area (Å²) >= 11 is 0. The maximum Gasteiger partial charge on any atom is 0.220 e. The first kappa shape index (κ1) is 100.0. The number of aliphatic hydroxyl groups is 11. The van der Waals surface area contributed by atoms with Crippen LogP contribution in [0, 0.1) is 0 Å². The van der Waals surface area contributed by atoms with Crippen molar-refractivity contribution < 1.29 is 89.4 Å². The molecule has 3 saturated heterocycles. The molecule has 636 valence electrons. The van der Waals surface area contributed by atoms with Gasteiger partial charge in [0.25, 0.3) is 0 Å². The van der Waals surface area contributed by atoms with Crippen molar-refractivity contribution in [3.05, 3.63) is 0 Å². The van der Waals surface area contributed by atoms with E-state index >= 15 is 0 Å². The Balaban J connectivity index is 1.29. The van der Waals surface area contributed by atoms with Gasteiger partial charge >= 0.3 is 0 Å². The average molecular weight is 1530 g/mol. The third-order valence-electron chi connectivity index (χ3n) is 23.4. The molecule has 0 aromatic heterocycles. The third-order valence-corrected chi connectivity index (χ3v) is 23.4. The molecule has 0 radical (unpaired) electrons. The molecule has 3 rings (SSSR count). The molecule has 17 unspecified atom stereocenters. The number of nitrogens with one attached hydrogen (secondary N) is 1. The fourth-order valence-electron chi connectivity index (χ4n) is 16.1. The predicted molar refractivity (Wildman–Crippen MR) is 430 cm³/mol. The van der Waals surface area contributed by atoms with E-state index in [9.17, 15) is 61.0 Å². The second-order valence-corrected chi connectivity index (χ2v) is 33.1. The van der Waals surface area contributed by atoms with E-state index in [4.69, 9.17) is 28.4 Å². The standard InChI is InChI=1S/C88H171NO18/c1-3-5-7-9-11-13-15-17-19-21-23-25-27-29-30-31-32-33-34-35-36-37-38-39-40-41-42-44-46-48-50-52-54-56-58-60-62-64-66-76(94)89-71(72(93)65-63-61-59-57-55-53-51-49-47-45-43-28-26-24-22-20-18-16-14-12-10-8-6-4-2)70-102-86-82(100)79(97)84(74(68-91)104-86)107-88-83(101)80(98)85(75(69-92)105-88)106-87-81(99)78(96)77(95)73(67-90)103-87/h71-75,77-88,90-93,95-101H,3-70H2,1-2H3,(H,89,94). The van der Waals surface area contributed by atoms with Gasteiger partial charge in [0.2, 0.25) is 5.91 Å². The average Bonchev–Trinajstić information content (AvgIpc) is 0.782. The van der Waals surface area contributed by atoms with Crippen molar-refractivity contribution in [2.75, 3.05) is 26.4 Å². The lowest BCUT2D eigenvalue weighted by molar-refractivity contribution is -0.379. The summed E-state index contributed by atoms with van der Waals surface area (Å²) in [5.74, 6) is -0.231. The van der Waals surface area contributed by atoms with Crippen LogP contribution in [0.3, 0.4) is 0 Å². The zero-order valence-electron chi connectivity index (χ0n) is 68.7. The largest absolute Gasteiger partial charge is 0.394 e. The van der Waals surface area contributed by atoms with Crippen LogP contribution in [-0.2, 0) is 33.2 Å². The van der Waals surface area contributed by atoms with Crippen molar-refractivity contribution in [1.29, 1.82) is 0 Å². The van der Waals surface area contributed by atoms with Crippen LogP contribution in [-0.4, -0.2) is 193 Å². The van der Waals surface area contributed by atoms with E-state index in [2.05, 4.69) is 19.2 Å². The minimum Gasteiger partial charge on any atom is -0.394 e. The maximum atomic E-state index is 13.5. The fraction of sp³-hybridized carbons (Fsp3) is 0.989. The Morgan fingerprint density at radius 1 is 0.299 bits per heavy atom. The van der Waals surface area contributed by atoms with Gasteiger partial charge in [-0.25, -0.2) is 0 Å². The van der Waals surface area contributed by atoms with Crippen LogP contribution in [0.5, 0.6) is 0 Å². The molecule has 3 aliphatic heterocycles. The first-order valence-electron chi connectivity index (χ1n) is 45.8. The highest BCUT2D eigenvalue weighted by atomic mass is 16.8. The summed E-state index contributed by atoms with van der Waals surface area (Å²) in [5.41, 5.74) is 0. The summed E-state index contributed by atoms with van der Waals surface area (Å²) in [6.07, 6.45) is 56.6. The minimum absolute atomic E-state index is 0.231. The molecule has 12 N–H and O–H groups in total. The molecule has 3 heterocycles. The predicted octanol–water partition coefficient (Wildman–Crippen LogP) is 17.3. The van der Waals surface area contributed by atoms with Gasteiger partial charge in [-0.05, 0) is 12.8 Å². The molecule has 3 aliphatic rings. The van der Waals surface area contributed by atoms with E-state index in [1.54, 1.807) is 0 Å².